The minimum Gasteiger partial charge on any atom is -0.354 e. The van der Waals surface area contributed by atoms with E-state index >= 15 is 0 Å². The van der Waals surface area contributed by atoms with Crippen molar-refractivity contribution in [3.05, 3.63) is 83.9 Å². The van der Waals surface area contributed by atoms with Crippen LogP contribution < -0.4 is 10.6 Å². The molecule has 0 aliphatic rings. The summed E-state index contributed by atoms with van der Waals surface area (Å²) in [5.41, 5.74) is 6.87. The van der Waals surface area contributed by atoms with Gasteiger partial charge in [0.05, 0.1) is 5.69 Å². The van der Waals surface area contributed by atoms with Crippen LogP contribution in [0.3, 0.4) is 0 Å². The van der Waals surface area contributed by atoms with Crippen molar-refractivity contribution >= 4 is 28.3 Å². The lowest BCUT2D eigenvalue weighted by Crippen LogP contribution is -2.20. The smallest absolute Gasteiger partial charge is 0.323 e. The van der Waals surface area contributed by atoms with E-state index in [0.29, 0.717) is 0 Å². The number of fused-ring (bicyclic) bond motifs is 1. The van der Waals surface area contributed by atoms with E-state index in [1.54, 1.807) is 0 Å². The molecule has 27 heavy (non-hydrogen) atoms. The second-order valence-electron chi connectivity index (χ2n) is 6.69. The van der Waals surface area contributed by atoms with Gasteiger partial charge in [0.25, 0.3) is 0 Å². The summed E-state index contributed by atoms with van der Waals surface area (Å²) >= 11 is 0. The number of para-hydroxylation sites is 2. The molecule has 0 fully saturated rings. The molecule has 1 heterocycles. The highest BCUT2D eigenvalue weighted by Crippen LogP contribution is 2.30. The van der Waals surface area contributed by atoms with E-state index in [2.05, 4.69) is 34.7 Å². The fourth-order valence-corrected chi connectivity index (χ4v) is 3.15. The summed E-state index contributed by atoms with van der Waals surface area (Å²) in [7, 11) is 0. The van der Waals surface area contributed by atoms with E-state index in [9.17, 15) is 4.79 Å². The van der Waals surface area contributed by atoms with E-state index in [0.717, 1.165) is 39.1 Å². The molecule has 0 unspecified atom stereocenters. The monoisotopic (exact) mass is 355 g/mol. The molecule has 0 saturated carbocycles. The zero-order chi connectivity index (χ0) is 18.8. The molecule has 0 atom stereocenters. The lowest BCUT2D eigenvalue weighted by molar-refractivity contribution is 0.262. The Morgan fingerprint density at radius 2 is 1.59 bits per heavy atom. The van der Waals surface area contributed by atoms with Gasteiger partial charge in [-0.3, -0.25) is 0 Å². The van der Waals surface area contributed by atoms with Gasteiger partial charge < -0.3 is 15.6 Å². The third-order valence-electron chi connectivity index (χ3n) is 4.76. The molecule has 4 nitrogen and oxygen atoms in total. The van der Waals surface area contributed by atoms with Gasteiger partial charge in [0.15, 0.2) is 0 Å². The van der Waals surface area contributed by atoms with E-state index in [1.165, 1.54) is 5.56 Å². The SMILES string of the molecule is Cc1ccc(NC(=O)Nc2ccccc2-c2cc3ccccc3[nH]2)cc1C. The molecule has 0 aliphatic heterocycles. The van der Waals surface area contributed by atoms with E-state index in [-0.39, 0.29) is 6.03 Å². The van der Waals surface area contributed by atoms with Crippen LogP contribution in [0, 0.1) is 13.8 Å². The van der Waals surface area contributed by atoms with Crippen molar-refractivity contribution in [2.45, 2.75) is 13.8 Å². The number of nitrogens with one attached hydrogen (secondary N) is 3. The summed E-state index contributed by atoms with van der Waals surface area (Å²) in [6.45, 7) is 4.08. The normalized spacial score (nSPS) is 10.7. The first kappa shape index (κ1) is 16.9. The summed E-state index contributed by atoms with van der Waals surface area (Å²) in [5.74, 6) is 0. The number of carbonyl (C=O) groups excluding carboxylic acids is 1. The first-order chi connectivity index (χ1) is 13.1. The van der Waals surface area contributed by atoms with Crippen LogP contribution in [0.2, 0.25) is 0 Å². The number of anilines is 2. The van der Waals surface area contributed by atoms with Crippen molar-refractivity contribution < 1.29 is 4.79 Å². The molecule has 4 aromatic rings. The van der Waals surface area contributed by atoms with Crippen molar-refractivity contribution in [3.63, 3.8) is 0 Å². The average molecular weight is 355 g/mol. The molecule has 0 saturated heterocycles. The van der Waals surface area contributed by atoms with Crippen molar-refractivity contribution in [1.29, 1.82) is 0 Å². The molecule has 2 amide bonds. The number of urea groups is 1. The highest BCUT2D eigenvalue weighted by atomic mass is 16.2. The average Bonchev–Trinajstić information content (AvgIpc) is 3.09. The maximum Gasteiger partial charge on any atom is 0.323 e. The number of aromatic amines is 1. The van der Waals surface area contributed by atoms with Crippen LogP contribution in [0.4, 0.5) is 16.2 Å². The maximum atomic E-state index is 12.5. The van der Waals surface area contributed by atoms with Gasteiger partial charge >= 0.3 is 6.03 Å². The number of aryl methyl sites for hydroxylation is 2. The van der Waals surface area contributed by atoms with Gasteiger partial charge in [-0.05, 0) is 55.3 Å². The molecule has 4 heteroatoms. The second kappa shape index (κ2) is 7.00. The second-order valence-corrected chi connectivity index (χ2v) is 6.69. The topological polar surface area (TPSA) is 56.9 Å². The Morgan fingerprint density at radius 3 is 2.41 bits per heavy atom. The first-order valence-electron chi connectivity index (χ1n) is 8.92. The third kappa shape index (κ3) is 3.55. The Morgan fingerprint density at radius 1 is 0.815 bits per heavy atom. The Bertz CT molecular complexity index is 1090. The largest absolute Gasteiger partial charge is 0.354 e. The van der Waals surface area contributed by atoms with Crippen molar-refractivity contribution in [2.24, 2.45) is 0 Å². The van der Waals surface area contributed by atoms with Gasteiger partial charge in [0, 0.05) is 27.8 Å². The molecule has 3 aromatic carbocycles. The zero-order valence-electron chi connectivity index (χ0n) is 15.3. The standard InChI is InChI=1S/C23H21N3O/c1-15-11-12-18(13-16(15)2)24-23(27)26-21-10-6-4-8-19(21)22-14-17-7-3-5-9-20(17)25-22/h3-14,25H,1-2H3,(H2,24,26,27). The Kier molecular flexibility index (Phi) is 4.38. The molecular weight excluding hydrogens is 334 g/mol. The first-order valence-corrected chi connectivity index (χ1v) is 8.92. The predicted molar refractivity (Wildman–Crippen MR) is 112 cm³/mol. The predicted octanol–water partition coefficient (Wildman–Crippen LogP) is 6.10. The van der Waals surface area contributed by atoms with Gasteiger partial charge in [-0.2, -0.15) is 0 Å². The minimum absolute atomic E-state index is 0.262. The van der Waals surface area contributed by atoms with Gasteiger partial charge in [-0.1, -0.05) is 42.5 Å². The number of benzene rings is 3. The summed E-state index contributed by atoms with van der Waals surface area (Å²) in [6, 6.07) is 23.6. The van der Waals surface area contributed by atoms with E-state index in [4.69, 9.17) is 0 Å². The summed E-state index contributed by atoms with van der Waals surface area (Å²) in [6.07, 6.45) is 0. The fraction of sp³-hybridized carbons (Fsp3) is 0.0870. The van der Waals surface area contributed by atoms with Gasteiger partial charge in [-0.15, -0.1) is 0 Å². The molecule has 1 aromatic heterocycles. The molecule has 0 aliphatic carbocycles. The van der Waals surface area contributed by atoms with Gasteiger partial charge in [-0.25, -0.2) is 4.79 Å². The van der Waals surface area contributed by atoms with Crippen LogP contribution in [-0.4, -0.2) is 11.0 Å². The Hall–Kier alpha value is -3.53. The molecule has 4 rings (SSSR count). The lowest BCUT2D eigenvalue weighted by Gasteiger charge is -2.12. The van der Waals surface area contributed by atoms with Crippen LogP contribution in [0.15, 0.2) is 72.8 Å². The van der Waals surface area contributed by atoms with Crippen LogP contribution >= 0.6 is 0 Å². The van der Waals surface area contributed by atoms with Crippen molar-refractivity contribution in [3.8, 4) is 11.3 Å². The number of aromatic nitrogens is 1. The van der Waals surface area contributed by atoms with Crippen LogP contribution in [0.5, 0.6) is 0 Å². The number of hydrogen-bond donors (Lipinski definition) is 3. The highest BCUT2D eigenvalue weighted by molar-refractivity contribution is 6.02. The van der Waals surface area contributed by atoms with E-state index < -0.39 is 0 Å². The summed E-state index contributed by atoms with van der Waals surface area (Å²) < 4.78 is 0. The zero-order valence-corrected chi connectivity index (χ0v) is 15.3. The number of amides is 2. The Labute approximate surface area is 158 Å². The van der Waals surface area contributed by atoms with E-state index in [1.807, 2.05) is 67.6 Å². The number of rotatable bonds is 3. The van der Waals surface area contributed by atoms with Crippen LogP contribution in [-0.2, 0) is 0 Å². The van der Waals surface area contributed by atoms with Crippen molar-refractivity contribution in [1.82, 2.24) is 4.98 Å². The number of carbonyl (C=O) groups is 1. The van der Waals surface area contributed by atoms with Gasteiger partial charge in [0.1, 0.15) is 0 Å². The quantitative estimate of drug-likeness (QED) is 0.409. The molecule has 0 spiro atoms. The minimum atomic E-state index is -0.262. The number of H-pyrrole nitrogens is 1. The van der Waals surface area contributed by atoms with Gasteiger partial charge in [0.2, 0.25) is 0 Å². The highest BCUT2D eigenvalue weighted by Gasteiger charge is 2.11. The van der Waals surface area contributed by atoms with Crippen molar-refractivity contribution in [2.75, 3.05) is 10.6 Å². The molecule has 3 N–H and O–H groups in total. The summed E-state index contributed by atoms with van der Waals surface area (Å²) in [5, 5.41) is 7.01. The molecule has 0 radical (unpaired) electrons. The summed E-state index contributed by atoms with van der Waals surface area (Å²) in [4.78, 5) is 15.9. The number of hydrogen-bond acceptors (Lipinski definition) is 1. The molecule has 0 bridgehead atoms. The van der Waals surface area contributed by atoms with Crippen LogP contribution in [0.25, 0.3) is 22.2 Å². The molecule has 134 valence electrons. The lowest BCUT2D eigenvalue weighted by atomic mass is 10.1. The Balaban J connectivity index is 1.59. The van der Waals surface area contributed by atoms with Crippen LogP contribution in [0.1, 0.15) is 11.1 Å². The third-order valence-corrected chi connectivity index (χ3v) is 4.76. The maximum absolute atomic E-state index is 12.5. The molecular formula is C23H21N3O. The fourth-order valence-electron chi connectivity index (χ4n) is 3.15.